The molecule has 3 heterocycles. The van der Waals surface area contributed by atoms with Crippen LogP contribution < -0.4 is 14.5 Å². The number of hydrogen-bond acceptors (Lipinski definition) is 4. The van der Waals surface area contributed by atoms with E-state index < -0.39 is 5.41 Å². The Morgan fingerprint density at radius 3 is 1.64 bits per heavy atom. The van der Waals surface area contributed by atoms with Gasteiger partial charge in [0.25, 0.3) is 0 Å². The van der Waals surface area contributed by atoms with E-state index in [1.54, 1.807) is 0 Å². The number of rotatable bonds is 10. The van der Waals surface area contributed by atoms with Gasteiger partial charge in [-0.05, 0) is 105 Å². The molecule has 0 amide bonds. The average molecular weight is 1130 g/mol. The molecule has 0 spiro atoms. The van der Waals surface area contributed by atoms with Crippen LogP contribution in [0.15, 0.2) is 200 Å². The van der Waals surface area contributed by atoms with E-state index in [0.29, 0.717) is 11.5 Å². The Kier molecular flexibility index (Phi) is 12.9. The Balaban J connectivity index is 0.00000611. The number of fused-ring (bicyclic) bond motifs is 4. The molecule has 0 saturated heterocycles. The Labute approximate surface area is 446 Å². The number of benzene rings is 8. The molecule has 6 heteroatoms. The predicted molar refractivity (Wildman–Crippen MR) is 299 cm³/mol. The van der Waals surface area contributed by atoms with E-state index in [1.807, 2.05) is 24.4 Å². The topological polar surface area (TPSA) is 33.5 Å². The minimum Gasteiger partial charge on any atom is -0.509 e. The third-order valence-corrected chi connectivity index (χ3v) is 14.9. The summed E-state index contributed by atoms with van der Waals surface area (Å²) < 4.78 is 9.06. The molecular weight excluding hydrogens is 1070 g/mol. The van der Waals surface area contributed by atoms with Crippen molar-refractivity contribution in [3.8, 4) is 17.3 Å². The van der Waals surface area contributed by atoms with E-state index in [-0.39, 0.29) is 37.3 Å². The first kappa shape index (κ1) is 49.4. The second-order valence-electron chi connectivity index (χ2n) is 22.0. The van der Waals surface area contributed by atoms with Crippen LogP contribution in [-0.4, -0.2) is 9.55 Å². The van der Waals surface area contributed by atoms with Crippen molar-refractivity contribution in [3.05, 3.63) is 258 Å². The maximum Gasteiger partial charge on any atom is 0.135 e. The molecule has 5 nitrogen and oxygen atoms in total. The van der Waals surface area contributed by atoms with Crippen molar-refractivity contribution in [1.29, 1.82) is 0 Å². The maximum atomic E-state index is 6.81. The largest absolute Gasteiger partial charge is 0.509 e. The van der Waals surface area contributed by atoms with Gasteiger partial charge in [-0.1, -0.05) is 182 Å². The average Bonchev–Trinajstić information content (AvgIpc) is 3.94. The summed E-state index contributed by atoms with van der Waals surface area (Å²) in [5, 5.41) is 2.19. The van der Waals surface area contributed by atoms with Crippen LogP contribution in [0.3, 0.4) is 0 Å². The van der Waals surface area contributed by atoms with Gasteiger partial charge in [-0.2, -0.15) is 12.1 Å². The SMILES string of the molecule is CC(C)(C)c1cc(N2[CH-]N(c3[c-]c(Oc4[c-]c5c(cc4)c4cc(C(C)(C)c6ccccc6)ccc4n5-c4cc(C(C)(c5ccccc5)c5ccccc5)ccn4)ccc3)c3ccccc32)cc(C(C)(C)C)c1.[Pt]. The van der Waals surface area contributed by atoms with Crippen LogP contribution in [0.2, 0.25) is 0 Å². The molecule has 2 aromatic heterocycles. The minimum absolute atomic E-state index is 0. The van der Waals surface area contributed by atoms with Crippen LogP contribution in [-0.2, 0) is 42.7 Å². The van der Waals surface area contributed by atoms with Crippen molar-refractivity contribution in [2.75, 3.05) is 9.80 Å². The smallest absolute Gasteiger partial charge is 0.135 e. The van der Waals surface area contributed by atoms with E-state index in [9.17, 15) is 0 Å². The fourth-order valence-corrected chi connectivity index (χ4v) is 10.4. The first-order valence-corrected chi connectivity index (χ1v) is 25.1. The number of para-hydroxylation sites is 2. The third-order valence-electron chi connectivity index (χ3n) is 14.9. The number of anilines is 4. The van der Waals surface area contributed by atoms with Crippen LogP contribution in [0.25, 0.3) is 27.6 Å². The Bertz CT molecular complexity index is 3530. The van der Waals surface area contributed by atoms with Crippen LogP contribution in [0.1, 0.15) is 101 Å². The molecule has 0 atom stereocenters. The zero-order chi connectivity index (χ0) is 50.0. The standard InChI is InChI=1S/C67H61N4O.Pt/c1-64(2,3)51-38-52(65(4,5)6)40-54(39-51)70-45-69(60-30-19-20-31-61(60)70)53-28-21-29-55(43-53)72-56-33-34-57-58-41-49(66(7,8)46-22-13-10-14-23-46)32-35-59(58)71(62(57)44-56)63-42-50(36-37-68-63)67(9,47-24-15-11-16-25-47)48-26-17-12-18-27-48;/h10-42,45H,1-9H3;/q-3;. The van der Waals surface area contributed by atoms with E-state index in [0.717, 1.165) is 55.9 Å². The van der Waals surface area contributed by atoms with Gasteiger partial charge in [0, 0.05) is 72.2 Å². The molecule has 10 aromatic rings. The monoisotopic (exact) mass is 1130 g/mol. The zero-order valence-corrected chi connectivity index (χ0v) is 45.4. The van der Waals surface area contributed by atoms with Gasteiger partial charge in [0.05, 0.1) is 0 Å². The number of aromatic nitrogens is 2. The van der Waals surface area contributed by atoms with E-state index in [1.165, 1.54) is 33.4 Å². The van der Waals surface area contributed by atoms with Crippen molar-refractivity contribution in [2.45, 2.75) is 84.0 Å². The molecule has 0 bridgehead atoms. The second-order valence-corrected chi connectivity index (χ2v) is 22.0. The number of ether oxygens (including phenoxy) is 1. The third kappa shape index (κ3) is 9.08. The molecule has 1 aliphatic rings. The fraction of sp³-hybridized carbons (Fsp3) is 0.194. The number of nitrogens with zero attached hydrogens (tertiary/aromatic N) is 4. The van der Waals surface area contributed by atoms with E-state index in [4.69, 9.17) is 9.72 Å². The molecule has 0 aliphatic carbocycles. The van der Waals surface area contributed by atoms with Crippen molar-refractivity contribution in [3.63, 3.8) is 0 Å². The zero-order valence-electron chi connectivity index (χ0n) is 43.1. The van der Waals surface area contributed by atoms with Gasteiger partial charge in [-0.25, -0.2) is 4.98 Å². The van der Waals surface area contributed by atoms with Crippen molar-refractivity contribution in [1.82, 2.24) is 9.55 Å². The molecular formula is C67H61N4OPt-3. The molecule has 368 valence electrons. The van der Waals surface area contributed by atoms with Crippen LogP contribution >= 0.6 is 0 Å². The fourth-order valence-electron chi connectivity index (χ4n) is 10.4. The summed E-state index contributed by atoms with van der Waals surface area (Å²) in [5.41, 5.74) is 14.0. The minimum atomic E-state index is -0.458. The molecule has 11 rings (SSSR count). The van der Waals surface area contributed by atoms with E-state index >= 15 is 0 Å². The van der Waals surface area contributed by atoms with Crippen LogP contribution in [0.5, 0.6) is 11.5 Å². The summed E-state index contributed by atoms with van der Waals surface area (Å²) >= 11 is 0. The molecule has 0 fully saturated rings. The Morgan fingerprint density at radius 2 is 1.03 bits per heavy atom. The molecule has 8 aromatic carbocycles. The molecule has 1 aliphatic heterocycles. The molecule has 0 N–H and O–H groups in total. The maximum absolute atomic E-state index is 6.81. The summed E-state index contributed by atoms with van der Waals surface area (Å²) in [6.45, 7) is 22.8. The molecule has 0 saturated carbocycles. The van der Waals surface area contributed by atoms with Gasteiger partial charge in [-0.3, -0.25) is 0 Å². The number of hydrogen-bond donors (Lipinski definition) is 0. The first-order chi connectivity index (χ1) is 34.6. The predicted octanol–water partition coefficient (Wildman–Crippen LogP) is 17.3. The molecule has 0 unspecified atom stereocenters. The molecule has 73 heavy (non-hydrogen) atoms. The van der Waals surface area contributed by atoms with Crippen molar-refractivity contribution < 1.29 is 25.8 Å². The van der Waals surface area contributed by atoms with Gasteiger partial charge in [0.2, 0.25) is 0 Å². The van der Waals surface area contributed by atoms with Crippen LogP contribution in [0, 0.1) is 18.8 Å². The van der Waals surface area contributed by atoms with Gasteiger partial charge >= 0.3 is 0 Å². The van der Waals surface area contributed by atoms with Gasteiger partial charge in [-0.15, -0.1) is 48.1 Å². The van der Waals surface area contributed by atoms with Crippen LogP contribution in [0.4, 0.5) is 22.7 Å². The molecule has 0 radical (unpaired) electrons. The van der Waals surface area contributed by atoms with Crippen molar-refractivity contribution >= 4 is 44.6 Å². The summed E-state index contributed by atoms with van der Waals surface area (Å²) in [6.07, 6.45) is 1.94. The van der Waals surface area contributed by atoms with Gasteiger partial charge in [0.15, 0.2) is 0 Å². The summed E-state index contributed by atoms with van der Waals surface area (Å²) in [6, 6.07) is 76.9. The summed E-state index contributed by atoms with van der Waals surface area (Å²) in [5.74, 6) is 1.98. The summed E-state index contributed by atoms with van der Waals surface area (Å²) in [4.78, 5) is 9.65. The van der Waals surface area contributed by atoms with Gasteiger partial charge < -0.3 is 19.1 Å². The van der Waals surface area contributed by atoms with Crippen molar-refractivity contribution in [2.24, 2.45) is 0 Å². The number of pyridine rings is 1. The Hall–Kier alpha value is -7.20. The first-order valence-electron chi connectivity index (χ1n) is 25.1. The quantitative estimate of drug-likeness (QED) is 0.128. The van der Waals surface area contributed by atoms with Gasteiger partial charge in [0.1, 0.15) is 5.82 Å². The second kappa shape index (κ2) is 19.0. The summed E-state index contributed by atoms with van der Waals surface area (Å²) in [7, 11) is 0. The Morgan fingerprint density at radius 1 is 0.452 bits per heavy atom. The van der Waals surface area contributed by atoms with E-state index in [2.05, 4.69) is 271 Å². The normalized spacial score (nSPS) is 13.1.